The van der Waals surface area contributed by atoms with Gasteiger partial charge in [-0.2, -0.15) is 0 Å². The van der Waals surface area contributed by atoms with Crippen LogP contribution in [-0.2, 0) is 11.3 Å². The normalized spacial score (nSPS) is 10.3. The second kappa shape index (κ2) is 8.31. The number of aromatic nitrogens is 1. The van der Waals surface area contributed by atoms with E-state index in [9.17, 15) is 19.2 Å². The van der Waals surface area contributed by atoms with Crippen LogP contribution < -0.4 is 16.4 Å². The highest BCUT2D eigenvalue weighted by atomic mass is 16.2. The molecule has 3 amide bonds. The Balaban J connectivity index is 2.00. The van der Waals surface area contributed by atoms with E-state index in [-0.39, 0.29) is 24.8 Å². The molecule has 0 fully saturated rings. The van der Waals surface area contributed by atoms with Crippen LogP contribution in [0.5, 0.6) is 0 Å². The molecule has 2 rings (SSSR count). The highest BCUT2D eigenvalue weighted by Crippen LogP contribution is 2.18. The van der Waals surface area contributed by atoms with Crippen molar-refractivity contribution in [1.29, 1.82) is 0 Å². The zero-order chi connectivity index (χ0) is 20.1. The first-order valence-corrected chi connectivity index (χ1v) is 8.34. The van der Waals surface area contributed by atoms with Crippen molar-refractivity contribution >= 4 is 23.5 Å². The van der Waals surface area contributed by atoms with Crippen LogP contribution in [0.1, 0.15) is 54.9 Å². The number of carbonyl (C=O) groups excluding carboxylic acids is 4. The maximum absolute atomic E-state index is 12.4. The topological polar surface area (TPSA) is 134 Å². The number of rotatable bonds is 7. The average molecular weight is 370 g/mol. The summed E-state index contributed by atoms with van der Waals surface area (Å²) < 4.78 is 0. The van der Waals surface area contributed by atoms with Crippen LogP contribution in [0.4, 0.5) is 0 Å². The van der Waals surface area contributed by atoms with Gasteiger partial charge in [0.25, 0.3) is 11.8 Å². The van der Waals surface area contributed by atoms with Crippen molar-refractivity contribution in [1.82, 2.24) is 15.6 Å². The molecule has 8 nitrogen and oxygen atoms in total. The number of benzene rings is 1. The first-order chi connectivity index (χ1) is 12.7. The first kappa shape index (κ1) is 19.9. The summed E-state index contributed by atoms with van der Waals surface area (Å²) in [6.07, 6.45) is 0. The van der Waals surface area contributed by atoms with Gasteiger partial charge in [-0.25, -0.2) is 0 Å². The number of hydrogen-bond acceptors (Lipinski definition) is 4. The molecule has 0 spiro atoms. The van der Waals surface area contributed by atoms with Gasteiger partial charge in [0.15, 0.2) is 5.78 Å². The zero-order valence-corrected chi connectivity index (χ0v) is 15.4. The maximum atomic E-state index is 12.4. The zero-order valence-electron chi connectivity index (χ0n) is 15.4. The summed E-state index contributed by atoms with van der Waals surface area (Å²) in [6.45, 7) is 4.98. The molecule has 0 aliphatic carbocycles. The number of amides is 3. The van der Waals surface area contributed by atoms with Crippen LogP contribution >= 0.6 is 0 Å². The van der Waals surface area contributed by atoms with Crippen molar-refractivity contribution in [2.75, 3.05) is 6.54 Å². The van der Waals surface area contributed by atoms with Gasteiger partial charge in [-0.3, -0.25) is 19.2 Å². The van der Waals surface area contributed by atoms with Crippen LogP contribution in [-0.4, -0.2) is 35.0 Å². The van der Waals surface area contributed by atoms with Crippen LogP contribution in [0.2, 0.25) is 0 Å². The van der Waals surface area contributed by atoms with Gasteiger partial charge in [0.1, 0.15) is 5.69 Å². The Labute approximate surface area is 156 Å². The molecule has 142 valence electrons. The third kappa shape index (κ3) is 4.81. The third-order valence-corrected chi connectivity index (χ3v) is 4.11. The van der Waals surface area contributed by atoms with Gasteiger partial charge < -0.3 is 21.4 Å². The van der Waals surface area contributed by atoms with E-state index in [1.807, 2.05) is 0 Å². The molecule has 5 N–H and O–H groups in total. The summed E-state index contributed by atoms with van der Waals surface area (Å²) in [6, 6.07) is 6.59. The van der Waals surface area contributed by atoms with Crippen LogP contribution in [0, 0.1) is 13.8 Å². The second-order valence-electron chi connectivity index (χ2n) is 6.21. The average Bonchev–Trinajstić information content (AvgIpc) is 2.92. The van der Waals surface area contributed by atoms with E-state index in [1.165, 1.54) is 6.92 Å². The fraction of sp³-hybridized carbons (Fsp3) is 0.263. The minimum absolute atomic E-state index is 0.0921. The second-order valence-corrected chi connectivity index (χ2v) is 6.21. The highest BCUT2D eigenvalue weighted by Gasteiger charge is 2.19. The van der Waals surface area contributed by atoms with Gasteiger partial charge in [0.05, 0.1) is 6.54 Å². The van der Waals surface area contributed by atoms with Crippen molar-refractivity contribution in [3.05, 3.63) is 57.9 Å². The SMILES string of the molecule is CC(=O)c1c(C)[nH]c(C(=O)NCc2ccc(C(=O)NCC(N)=O)cc2)c1C. The monoisotopic (exact) mass is 370 g/mol. The fourth-order valence-electron chi connectivity index (χ4n) is 2.82. The van der Waals surface area contributed by atoms with Crippen molar-refractivity contribution in [3.63, 3.8) is 0 Å². The lowest BCUT2D eigenvalue weighted by atomic mass is 10.1. The number of H-pyrrole nitrogens is 1. The molecule has 1 aromatic carbocycles. The molecule has 1 aromatic heterocycles. The largest absolute Gasteiger partial charge is 0.368 e. The number of aryl methyl sites for hydroxylation is 1. The molecule has 0 unspecified atom stereocenters. The molecule has 0 bridgehead atoms. The Morgan fingerprint density at radius 2 is 1.63 bits per heavy atom. The Morgan fingerprint density at radius 3 is 2.15 bits per heavy atom. The van der Waals surface area contributed by atoms with Crippen molar-refractivity contribution < 1.29 is 19.2 Å². The standard InChI is InChI=1S/C19H22N4O4/c1-10-16(12(3)24)11(2)23-17(10)19(27)21-8-13-4-6-14(7-5-13)18(26)22-9-15(20)25/h4-7,23H,8-9H2,1-3H3,(H2,20,25)(H,21,27)(H,22,26). The van der Waals surface area contributed by atoms with E-state index in [2.05, 4.69) is 15.6 Å². The lowest BCUT2D eigenvalue weighted by molar-refractivity contribution is -0.117. The van der Waals surface area contributed by atoms with Crippen molar-refractivity contribution in [2.45, 2.75) is 27.3 Å². The van der Waals surface area contributed by atoms with Gasteiger partial charge in [0.2, 0.25) is 5.91 Å². The number of aromatic amines is 1. The minimum Gasteiger partial charge on any atom is -0.368 e. The van der Waals surface area contributed by atoms with E-state index in [0.29, 0.717) is 28.1 Å². The Hall–Kier alpha value is -3.42. The summed E-state index contributed by atoms with van der Waals surface area (Å²) in [7, 11) is 0. The Morgan fingerprint density at radius 1 is 1.00 bits per heavy atom. The fourth-order valence-corrected chi connectivity index (χ4v) is 2.82. The summed E-state index contributed by atoms with van der Waals surface area (Å²) in [4.78, 5) is 49.5. The minimum atomic E-state index is -0.620. The predicted octanol–water partition coefficient (Wildman–Crippen LogP) is 0.979. The molecule has 0 saturated carbocycles. The Kier molecular flexibility index (Phi) is 6.12. The maximum Gasteiger partial charge on any atom is 0.268 e. The predicted molar refractivity (Wildman–Crippen MR) is 99.4 cm³/mol. The quantitative estimate of drug-likeness (QED) is 0.540. The first-order valence-electron chi connectivity index (χ1n) is 8.34. The lowest BCUT2D eigenvalue weighted by Gasteiger charge is -2.07. The van der Waals surface area contributed by atoms with Gasteiger partial charge in [-0.1, -0.05) is 12.1 Å². The molecule has 2 aromatic rings. The van der Waals surface area contributed by atoms with Gasteiger partial charge in [-0.05, 0) is 44.0 Å². The molecule has 8 heteroatoms. The van der Waals surface area contributed by atoms with E-state index in [4.69, 9.17) is 5.73 Å². The van der Waals surface area contributed by atoms with Gasteiger partial charge in [-0.15, -0.1) is 0 Å². The van der Waals surface area contributed by atoms with E-state index in [1.54, 1.807) is 38.1 Å². The number of primary amides is 1. The molecule has 0 radical (unpaired) electrons. The number of hydrogen-bond donors (Lipinski definition) is 4. The Bertz CT molecular complexity index is 897. The van der Waals surface area contributed by atoms with Crippen molar-refractivity contribution in [2.24, 2.45) is 5.73 Å². The number of nitrogens with two attached hydrogens (primary N) is 1. The molecule has 0 atom stereocenters. The van der Waals surface area contributed by atoms with Crippen LogP contribution in [0.15, 0.2) is 24.3 Å². The molecule has 0 aliphatic rings. The van der Waals surface area contributed by atoms with Crippen molar-refractivity contribution in [3.8, 4) is 0 Å². The summed E-state index contributed by atoms with van der Waals surface area (Å²) in [5.41, 5.74) is 8.34. The molecule has 1 heterocycles. The van der Waals surface area contributed by atoms with E-state index in [0.717, 1.165) is 5.56 Å². The lowest BCUT2D eigenvalue weighted by Crippen LogP contribution is -2.33. The third-order valence-electron chi connectivity index (χ3n) is 4.11. The molecule has 27 heavy (non-hydrogen) atoms. The summed E-state index contributed by atoms with van der Waals surface area (Å²) >= 11 is 0. The smallest absolute Gasteiger partial charge is 0.268 e. The molecular formula is C19H22N4O4. The molecular weight excluding hydrogens is 348 g/mol. The number of ketones is 1. The molecule has 0 saturated heterocycles. The summed E-state index contributed by atoms with van der Waals surface area (Å²) in [5.74, 6) is -1.43. The number of nitrogens with one attached hydrogen (secondary N) is 3. The number of carbonyl (C=O) groups is 4. The van der Waals surface area contributed by atoms with Crippen LogP contribution in [0.3, 0.4) is 0 Å². The van der Waals surface area contributed by atoms with Gasteiger partial charge in [0, 0.05) is 23.4 Å². The molecule has 0 aliphatic heterocycles. The van der Waals surface area contributed by atoms with Gasteiger partial charge >= 0.3 is 0 Å². The van der Waals surface area contributed by atoms with E-state index >= 15 is 0 Å². The highest BCUT2D eigenvalue weighted by molar-refractivity contribution is 6.02. The number of Topliss-reactive ketones (excluding diaryl/α,β-unsaturated/α-hetero) is 1. The van der Waals surface area contributed by atoms with Crippen LogP contribution in [0.25, 0.3) is 0 Å². The summed E-state index contributed by atoms with van der Waals surface area (Å²) in [5, 5.41) is 5.18. The van der Waals surface area contributed by atoms with E-state index < -0.39 is 11.8 Å².